The number of carbonyl (C=O) groups is 1. The zero-order valence-electron chi connectivity index (χ0n) is 16.3. The van der Waals surface area contributed by atoms with Crippen molar-refractivity contribution in [2.45, 2.75) is 30.6 Å². The summed E-state index contributed by atoms with van der Waals surface area (Å²) in [6, 6.07) is 7.24. The molecular weight excluding hydrogens is 410 g/mol. The third-order valence-electron chi connectivity index (χ3n) is 4.31. The first-order chi connectivity index (χ1) is 14.0. The van der Waals surface area contributed by atoms with E-state index >= 15 is 0 Å². The number of nitrogen functional groups attached to an aromatic ring is 1. The average Bonchev–Trinajstić information content (AvgIpc) is 3.07. The average molecular weight is 434 g/mol. The largest absolute Gasteiger partial charge is 0.343 e. The molecule has 0 atom stereocenters. The molecule has 29 heavy (non-hydrogen) atoms. The molecule has 0 fully saturated rings. The number of carbonyl (C=O) groups excluding carboxylic acids is 1. The Balaban J connectivity index is 1.57. The summed E-state index contributed by atoms with van der Waals surface area (Å²) in [5.74, 6) is 7.61. The molecule has 0 unspecified atom stereocenters. The van der Waals surface area contributed by atoms with E-state index in [-0.39, 0.29) is 17.2 Å². The normalized spacial score (nSPS) is 11.1. The van der Waals surface area contributed by atoms with E-state index in [1.165, 1.54) is 28.2 Å². The van der Waals surface area contributed by atoms with E-state index in [1.54, 1.807) is 11.0 Å². The van der Waals surface area contributed by atoms with Crippen LogP contribution in [0.4, 0.5) is 0 Å². The van der Waals surface area contributed by atoms with Crippen LogP contribution in [0.1, 0.15) is 19.7 Å². The third kappa shape index (κ3) is 5.10. The Morgan fingerprint density at radius 2 is 1.86 bits per heavy atom. The summed E-state index contributed by atoms with van der Waals surface area (Å²) in [5.41, 5.74) is 0.531. The SMILES string of the molecule is CCN(CC)C(=O)CSc1nnc(SCCc2nc3ccccc3c(=O)[nH]2)n1N. The molecule has 2 aromatic heterocycles. The molecule has 11 heteroatoms. The van der Waals surface area contributed by atoms with Gasteiger partial charge in [0.15, 0.2) is 0 Å². The zero-order valence-corrected chi connectivity index (χ0v) is 17.9. The van der Waals surface area contributed by atoms with Crippen molar-refractivity contribution in [2.24, 2.45) is 0 Å². The Bertz CT molecular complexity index is 1050. The van der Waals surface area contributed by atoms with Crippen LogP contribution in [0, 0.1) is 0 Å². The van der Waals surface area contributed by atoms with Crippen LogP contribution in [0.25, 0.3) is 10.9 Å². The van der Waals surface area contributed by atoms with Gasteiger partial charge in [0.1, 0.15) is 5.82 Å². The molecule has 154 valence electrons. The number of aryl methyl sites for hydroxylation is 1. The van der Waals surface area contributed by atoms with Crippen molar-refractivity contribution in [1.82, 2.24) is 29.7 Å². The zero-order chi connectivity index (χ0) is 20.8. The van der Waals surface area contributed by atoms with Gasteiger partial charge in [-0.1, -0.05) is 35.7 Å². The standard InChI is InChI=1S/C18H23N7O2S2/c1-3-24(4-2)15(26)11-29-18-23-22-17(25(18)19)28-10-9-14-20-13-8-6-5-7-12(13)16(27)21-14/h5-8H,3-4,9-11,19H2,1-2H3,(H,20,21,27). The number of nitrogens with zero attached hydrogens (tertiary/aromatic N) is 5. The Morgan fingerprint density at radius 3 is 2.59 bits per heavy atom. The summed E-state index contributed by atoms with van der Waals surface area (Å²) in [6.45, 7) is 5.25. The van der Waals surface area contributed by atoms with E-state index in [2.05, 4.69) is 20.2 Å². The number of benzene rings is 1. The first-order valence-corrected chi connectivity index (χ1v) is 11.2. The Kier molecular flexibility index (Phi) is 7.15. The fourth-order valence-electron chi connectivity index (χ4n) is 2.75. The lowest BCUT2D eigenvalue weighted by Gasteiger charge is -2.17. The molecule has 0 aliphatic heterocycles. The molecule has 0 saturated heterocycles. The fraction of sp³-hybridized carbons (Fsp3) is 0.389. The van der Waals surface area contributed by atoms with Crippen molar-refractivity contribution in [1.29, 1.82) is 0 Å². The monoisotopic (exact) mass is 433 g/mol. The number of aromatic nitrogens is 5. The van der Waals surface area contributed by atoms with Crippen molar-refractivity contribution >= 4 is 40.3 Å². The number of thioether (sulfide) groups is 2. The number of fused-ring (bicyclic) bond motifs is 1. The van der Waals surface area contributed by atoms with Gasteiger partial charge in [0.05, 0.1) is 16.7 Å². The second-order valence-electron chi connectivity index (χ2n) is 6.12. The number of rotatable bonds is 9. The Hall–Kier alpha value is -2.53. The van der Waals surface area contributed by atoms with Crippen LogP contribution in [0.5, 0.6) is 0 Å². The van der Waals surface area contributed by atoms with Gasteiger partial charge in [-0.25, -0.2) is 9.66 Å². The maximum Gasteiger partial charge on any atom is 0.258 e. The van der Waals surface area contributed by atoms with E-state index in [4.69, 9.17) is 5.84 Å². The van der Waals surface area contributed by atoms with Crippen molar-refractivity contribution in [3.63, 3.8) is 0 Å². The lowest BCUT2D eigenvalue weighted by Crippen LogP contribution is -2.32. The van der Waals surface area contributed by atoms with Gasteiger partial charge in [0.2, 0.25) is 16.2 Å². The highest BCUT2D eigenvalue weighted by molar-refractivity contribution is 8.00. The number of nitrogens with two attached hydrogens (primary N) is 1. The molecule has 9 nitrogen and oxygen atoms in total. The predicted octanol–water partition coefficient (Wildman–Crippen LogP) is 1.52. The smallest absolute Gasteiger partial charge is 0.258 e. The number of H-pyrrole nitrogens is 1. The molecule has 0 aliphatic carbocycles. The van der Waals surface area contributed by atoms with Crippen molar-refractivity contribution in [3.8, 4) is 0 Å². The number of amides is 1. The van der Waals surface area contributed by atoms with Gasteiger partial charge < -0.3 is 15.7 Å². The Labute approximate surface area is 176 Å². The van der Waals surface area contributed by atoms with Crippen LogP contribution in [0.15, 0.2) is 39.4 Å². The van der Waals surface area contributed by atoms with Crippen molar-refractivity contribution < 1.29 is 4.79 Å². The van der Waals surface area contributed by atoms with Crippen LogP contribution < -0.4 is 11.4 Å². The van der Waals surface area contributed by atoms with Crippen LogP contribution in [-0.2, 0) is 11.2 Å². The molecular formula is C18H23N7O2S2. The molecule has 3 N–H and O–H groups in total. The van der Waals surface area contributed by atoms with Crippen molar-refractivity contribution in [3.05, 3.63) is 40.4 Å². The number of aromatic amines is 1. The minimum atomic E-state index is -0.144. The van der Waals surface area contributed by atoms with Gasteiger partial charge in [0, 0.05) is 25.3 Å². The molecule has 0 radical (unpaired) electrons. The van der Waals surface area contributed by atoms with Crippen LogP contribution in [0.2, 0.25) is 0 Å². The highest BCUT2D eigenvalue weighted by Gasteiger charge is 2.15. The molecule has 3 aromatic rings. The lowest BCUT2D eigenvalue weighted by atomic mass is 10.2. The molecule has 2 heterocycles. The second kappa shape index (κ2) is 9.79. The number of hydrogen-bond acceptors (Lipinski definition) is 8. The van der Waals surface area contributed by atoms with Crippen molar-refractivity contribution in [2.75, 3.05) is 30.4 Å². The topological polar surface area (TPSA) is 123 Å². The number of hydrogen-bond donors (Lipinski definition) is 2. The molecule has 1 aromatic carbocycles. The van der Waals surface area contributed by atoms with E-state index in [1.807, 2.05) is 32.0 Å². The lowest BCUT2D eigenvalue weighted by molar-refractivity contribution is -0.127. The minimum absolute atomic E-state index is 0.0449. The molecule has 0 saturated carbocycles. The van der Waals surface area contributed by atoms with Gasteiger partial charge in [-0.3, -0.25) is 9.59 Å². The quantitative estimate of drug-likeness (QED) is 0.385. The maximum atomic E-state index is 12.1. The van der Waals surface area contributed by atoms with Crippen LogP contribution in [0.3, 0.4) is 0 Å². The second-order valence-corrected chi connectivity index (χ2v) is 8.12. The van der Waals surface area contributed by atoms with E-state index < -0.39 is 0 Å². The van der Waals surface area contributed by atoms with Crippen LogP contribution >= 0.6 is 23.5 Å². The number of nitrogens with one attached hydrogen (secondary N) is 1. The Morgan fingerprint density at radius 1 is 1.17 bits per heavy atom. The predicted molar refractivity (Wildman–Crippen MR) is 116 cm³/mol. The molecule has 0 aliphatic rings. The van der Waals surface area contributed by atoms with Gasteiger partial charge in [-0.05, 0) is 26.0 Å². The van der Waals surface area contributed by atoms with Gasteiger partial charge >= 0.3 is 0 Å². The van der Waals surface area contributed by atoms with Gasteiger partial charge in [-0.15, -0.1) is 10.2 Å². The van der Waals surface area contributed by atoms with E-state index in [0.717, 1.165) is 0 Å². The summed E-state index contributed by atoms with van der Waals surface area (Å²) in [5, 5.41) is 9.77. The molecule has 1 amide bonds. The maximum absolute atomic E-state index is 12.1. The number of para-hydroxylation sites is 1. The van der Waals surface area contributed by atoms with Crippen LogP contribution in [-0.4, -0.2) is 60.2 Å². The van der Waals surface area contributed by atoms with Gasteiger partial charge in [-0.2, -0.15) is 0 Å². The first kappa shape index (κ1) is 21.2. The molecule has 0 bridgehead atoms. The fourth-order valence-corrected chi connectivity index (χ4v) is 4.37. The van der Waals surface area contributed by atoms with Gasteiger partial charge in [0.25, 0.3) is 5.56 Å². The summed E-state index contributed by atoms with van der Waals surface area (Å²) in [6.07, 6.45) is 0.556. The minimum Gasteiger partial charge on any atom is -0.343 e. The highest BCUT2D eigenvalue weighted by Crippen LogP contribution is 2.21. The highest BCUT2D eigenvalue weighted by atomic mass is 32.2. The molecule has 0 spiro atoms. The first-order valence-electron chi connectivity index (χ1n) is 9.25. The summed E-state index contributed by atoms with van der Waals surface area (Å²) < 4.78 is 1.39. The summed E-state index contributed by atoms with van der Waals surface area (Å²) in [7, 11) is 0. The summed E-state index contributed by atoms with van der Waals surface area (Å²) in [4.78, 5) is 33.3. The molecule has 3 rings (SSSR count). The van der Waals surface area contributed by atoms with E-state index in [0.29, 0.717) is 52.3 Å². The summed E-state index contributed by atoms with van der Waals surface area (Å²) >= 11 is 2.69. The third-order valence-corrected chi connectivity index (χ3v) is 6.18. The van der Waals surface area contributed by atoms with E-state index in [9.17, 15) is 9.59 Å².